The maximum atomic E-state index is 13.3. The van der Waals surface area contributed by atoms with E-state index in [0.717, 1.165) is 17.5 Å². The number of aryl methyl sites for hydroxylation is 2. The highest BCUT2D eigenvalue weighted by atomic mass is 32.2. The van der Waals surface area contributed by atoms with Crippen molar-refractivity contribution in [2.45, 2.75) is 36.8 Å². The van der Waals surface area contributed by atoms with E-state index in [4.69, 9.17) is 8.83 Å². The van der Waals surface area contributed by atoms with Crippen LogP contribution in [0.4, 0.5) is 5.69 Å². The van der Waals surface area contributed by atoms with Gasteiger partial charge in [0.2, 0.25) is 14.9 Å². The van der Waals surface area contributed by atoms with Gasteiger partial charge in [0.05, 0.1) is 17.7 Å². The number of nitrogens with zero attached hydrogens (tertiary/aromatic N) is 1. The van der Waals surface area contributed by atoms with E-state index in [9.17, 15) is 13.2 Å². The molecule has 0 aliphatic rings. The Labute approximate surface area is 187 Å². The fourth-order valence-corrected chi connectivity index (χ4v) is 4.47. The molecule has 0 atom stereocenters. The molecular formula is C25H23NO5S. The van der Waals surface area contributed by atoms with Gasteiger partial charge in [-0.2, -0.15) is 0 Å². The fourth-order valence-electron chi connectivity index (χ4n) is 3.30. The summed E-state index contributed by atoms with van der Waals surface area (Å²) in [6.07, 6.45) is 2.42. The second kappa shape index (κ2) is 8.88. The largest absolute Gasteiger partial charge is 0.467 e. The van der Waals surface area contributed by atoms with Crippen molar-refractivity contribution in [1.82, 2.24) is 0 Å². The molecule has 32 heavy (non-hydrogen) atoms. The van der Waals surface area contributed by atoms with Crippen LogP contribution in [0.1, 0.15) is 34.4 Å². The molecule has 0 radical (unpaired) electrons. The lowest BCUT2D eigenvalue weighted by atomic mass is 10.1. The van der Waals surface area contributed by atoms with Crippen molar-refractivity contribution in [2.75, 3.05) is 4.90 Å². The predicted molar refractivity (Wildman–Crippen MR) is 120 cm³/mol. The number of carbonyl (C=O) groups is 1. The Balaban J connectivity index is 1.66. The lowest BCUT2D eigenvalue weighted by Crippen LogP contribution is -2.30. The van der Waals surface area contributed by atoms with E-state index in [2.05, 4.69) is 6.92 Å². The van der Waals surface area contributed by atoms with Crippen molar-refractivity contribution < 1.29 is 22.0 Å². The Kier molecular flexibility index (Phi) is 6.01. The summed E-state index contributed by atoms with van der Waals surface area (Å²) >= 11 is 0. The molecule has 4 aromatic rings. The molecule has 0 unspecified atom stereocenters. The topological polar surface area (TPSA) is 80.7 Å². The molecular weight excluding hydrogens is 426 g/mol. The third kappa shape index (κ3) is 4.38. The Morgan fingerprint density at radius 2 is 1.66 bits per heavy atom. The van der Waals surface area contributed by atoms with E-state index < -0.39 is 15.7 Å². The maximum absolute atomic E-state index is 13.3. The average Bonchev–Trinajstić information content (AvgIpc) is 3.50. The van der Waals surface area contributed by atoms with Gasteiger partial charge in [0.1, 0.15) is 5.76 Å². The molecule has 2 heterocycles. The number of hydrogen-bond acceptors (Lipinski definition) is 5. The minimum absolute atomic E-state index is 0.0678. The molecule has 0 aliphatic heterocycles. The van der Waals surface area contributed by atoms with Crippen molar-refractivity contribution in [1.29, 1.82) is 0 Å². The van der Waals surface area contributed by atoms with Gasteiger partial charge in [-0.05, 0) is 67.4 Å². The van der Waals surface area contributed by atoms with E-state index in [1.807, 2.05) is 31.2 Å². The van der Waals surface area contributed by atoms with Gasteiger partial charge in [0, 0.05) is 5.69 Å². The first kappa shape index (κ1) is 21.6. The molecule has 0 saturated heterocycles. The Bertz CT molecular complexity index is 1300. The first-order chi connectivity index (χ1) is 15.4. The molecule has 1 amide bonds. The van der Waals surface area contributed by atoms with Gasteiger partial charge in [-0.3, -0.25) is 9.69 Å². The molecule has 2 aromatic heterocycles. The van der Waals surface area contributed by atoms with Crippen molar-refractivity contribution in [3.63, 3.8) is 0 Å². The standard InChI is InChI=1S/C25H23NO5S/c1-3-19-8-10-20(11-9-19)26(17-21-5-4-16-30-21)25(27)23-14-15-24(31-23)32(28,29)22-12-6-18(2)7-13-22/h4-16H,3,17H2,1-2H3. The van der Waals surface area contributed by atoms with Gasteiger partial charge in [-0.1, -0.05) is 36.8 Å². The van der Waals surface area contributed by atoms with Crippen molar-refractivity contribution in [3.8, 4) is 0 Å². The number of amides is 1. The molecule has 0 aliphatic carbocycles. The number of rotatable bonds is 7. The second-order valence-electron chi connectivity index (χ2n) is 7.43. The molecule has 0 saturated carbocycles. The van der Waals surface area contributed by atoms with Crippen LogP contribution in [-0.4, -0.2) is 14.3 Å². The third-order valence-corrected chi connectivity index (χ3v) is 6.83. The number of anilines is 1. The smallest absolute Gasteiger partial charge is 0.294 e. The van der Waals surface area contributed by atoms with E-state index >= 15 is 0 Å². The van der Waals surface area contributed by atoms with E-state index in [1.165, 1.54) is 35.4 Å². The molecule has 0 N–H and O–H groups in total. The number of sulfone groups is 1. The minimum atomic E-state index is -3.87. The second-order valence-corrected chi connectivity index (χ2v) is 9.31. The highest BCUT2D eigenvalue weighted by Crippen LogP contribution is 2.26. The summed E-state index contributed by atoms with van der Waals surface area (Å²) in [6.45, 7) is 4.11. The minimum Gasteiger partial charge on any atom is -0.467 e. The van der Waals surface area contributed by atoms with Crippen LogP contribution in [0.25, 0.3) is 0 Å². The molecule has 164 valence electrons. The van der Waals surface area contributed by atoms with Crippen LogP contribution in [0.3, 0.4) is 0 Å². The molecule has 4 rings (SSSR count). The number of carbonyl (C=O) groups excluding carboxylic acids is 1. The van der Waals surface area contributed by atoms with E-state index in [1.54, 1.807) is 24.3 Å². The monoisotopic (exact) mass is 449 g/mol. The first-order valence-electron chi connectivity index (χ1n) is 10.2. The molecule has 0 bridgehead atoms. The highest BCUT2D eigenvalue weighted by Gasteiger charge is 2.27. The van der Waals surface area contributed by atoms with Crippen LogP contribution in [0, 0.1) is 6.92 Å². The average molecular weight is 450 g/mol. The first-order valence-corrected chi connectivity index (χ1v) is 11.7. The van der Waals surface area contributed by atoms with E-state index in [0.29, 0.717) is 11.4 Å². The summed E-state index contributed by atoms with van der Waals surface area (Å²) in [5.41, 5.74) is 2.74. The summed E-state index contributed by atoms with van der Waals surface area (Å²) in [7, 11) is -3.87. The van der Waals surface area contributed by atoms with Gasteiger partial charge in [0.15, 0.2) is 5.76 Å². The molecule has 0 spiro atoms. The van der Waals surface area contributed by atoms with Crippen molar-refractivity contribution >= 4 is 21.4 Å². The summed E-state index contributed by atoms with van der Waals surface area (Å²) in [6, 6.07) is 20.3. The number of hydrogen-bond donors (Lipinski definition) is 0. The molecule has 2 aromatic carbocycles. The fraction of sp³-hybridized carbons (Fsp3) is 0.160. The highest BCUT2D eigenvalue weighted by molar-refractivity contribution is 7.91. The van der Waals surface area contributed by atoms with Gasteiger partial charge in [-0.25, -0.2) is 8.42 Å². The molecule has 6 nitrogen and oxygen atoms in total. The SMILES string of the molecule is CCc1ccc(N(Cc2ccco2)C(=O)c2ccc(S(=O)(=O)c3ccc(C)cc3)o2)cc1. The zero-order valence-electron chi connectivity index (χ0n) is 17.8. The third-order valence-electron chi connectivity index (χ3n) is 5.18. The quantitative estimate of drug-likeness (QED) is 0.376. The predicted octanol–water partition coefficient (Wildman–Crippen LogP) is 5.42. The van der Waals surface area contributed by atoms with Crippen LogP contribution >= 0.6 is 0 Å². The van der Waals surface area contributed by atoms with Crippen molar-refractivity contribution in [2.24, 2.45) is 0 Å². The van der Waals surface area contributed by atoms with Gasteiger partial charge < -0.3 is 8.83 Å². The van der Waals surface area contributed by atoms with Gasteiger partial charge in [-0.15, -0.1) is 0 Å². The lowest BCUT2D eigenvalue weighted by molar-refractivity contribution is 0.0951. The summed E-state index contributed by atoms with van der Waals surface area (Å²) in [4.78, 5) is 15.0. The van der Waals surface area contributed by atoms with Crippen molar-refractivity contribution in [3.05, 3.63) is 102 Å². The Morgan fingerprint density at radius 1 is 0.938 bits per heavy atom. The summed E-state index contributed by atoms with van der Waals surface area (Å²) in [5.74, 6) is 0.0646. The molecule has 7 heteroatoms. The van der Waals surface area contributed by atoms with Crippen LogP contribution in [0.5, 0.6) is 0 Å². The van der Waals surface area contributed by atoms with Gasteiger partial charge in [0.25, 0.3) is 5.91 Å². The molecule has 0 fully saturated rings. The number of furan rings is 2. The zero-order valence-corrected chi connectivity index (χ0v) is 18.6. The Hall–Kier alpha value is -3.58. The van der Waals surface area contributed by atoms with Crippen LogP contribution in [0.2, 0.25) is 0 Å². The summed E-state index contributed by atoms with van der Waals surface area (Å²) in [5, 5.41) is -0.274. The van der Waals surface area contributed by atoms with Crippen LogP contribution < -0.4 is 4.90 Å². The summed E-state index contributed by atoms with van der Waals surface area (Å²) < 4.78 is 36.8. The zero-order chi connectivity index (χ0) is 22.7. The maximum Gasteiger partial charge on any atom is 0.294 e. The van der Waals surface area contributed by atoms with Gasteiger partial charge >= 0.3 is 0 Å². The lowest BCUT2D eigenvalue weighted by Gasteiger charge is -2.21. The Morgan fingerprint density at radius 3 is 2.28 bits per heavy atom. The van der Waals surface area contributed by atoms with Crippen LogP contribution in [-0.2, 0) is 22.8 Å². The normalized spacial score (nSPS) is 11.4. The number of benzene rings is 2. The van der Waals surface area contributed by atoms with Crippen LogP contribution in [0.15, 0.2) is 97.9 Å². The van der Waals surface area contributed by atoms with E-state index in [-0.39, 0.29) is 22.3 Å².